The fourth-order valence-electron chi connectivity index (χ4n) is 2.62. The van der Waals surface area contributed by atoms with Gasteiger partial charge in [0.15, 0.2) is 0 Å². The van der Waals surface area contributed by atoms with Crippen LogP contribution in [0.2, 0.25) is 0 Å². The summed E-state index contributed by atoms with van der Waals surface area (Å²) >= 11 is 0. The molecule has 0 spiro atoms. The molecule has 2 heterocycles. The van der Waals surface area contributed by atoms with Gasteiger partial charge in [-0.3, -0.25) is 4.79 Å². The Hall–Kier alpha value is -2.96. The second-order valence-electron chi connectivity index (χ2n) is 5.21. The quantitative estimate of drug-likeness (QED) is 0.832. The zero-order chi connectivity index (χ0) is 16.4. The minimum Gasteiger partial charge on any atom is -0.465 e. The van der Waals surface area contributed by atoms with Crippen molar-refractivity contribution in [3.05, 3.63) is 52.8 Å². The van der Waals surface area contributed by atoms with Gasteiger partial charge in [-0.15, -0.1) is 0 Å². The summed E-state index contributed by atoms with van der Waals surface area (Å²) in [4.78, 5) is 34.4. The molecule has 0 fully saturated rings. The lowest BCUT2D eigenvalue weighted by Gasteiger charge is -2.28. The van der Waals surface area contributed by atoms with Crippen LogP contribution >= 0.6 is 0 Å². The maximum Gasteiger partial charge on any atom is 0.338 e. The van der Waals surface area contributed by atoms with Crippen LogP contribution in [0.25, 0.3) is 0 Å². The summed E-state index contributed by atoms with van der Waals surface area (Å²) in [7, 11) is 1.29. The number of hydrogen-bond acceptors (Lipinski definition) is 6. The van der Waals surface area contributed by atoms with Gasteiger partial charge in [0.25, 0.3) is 5.91 Å². The van der Waals surface area contributed by atoms with Gasteiger partial charge in [-0.1, -0.05) is 12.1 Å². The number of carbonyl (C=O) groups excluding carboxylic acids is 2. The molecule has 1 amide bonds. The summed E-state index contributed by atoms with van der Waals surface area (Å²) in [6.45, 7) is 0.880. The van der Waals surface area contributed by atoms with Crippen LogP contribution < -0.4 is 5.73 Å². The largest absolute Gasteiger partial charge is 0.465 e. The minimum atomic E-state index is -0.530. The minimum absolute atomic E-state index is 0.188. The number of fused-ring (bicyclic) bond motifs is 1. The number of nitrogens with two attached hydrogens (primary N) is 1. The monoisotopic (exact) mass is 312 g/mol. The molecule has 0 saturated heterocycles. The molecular formula is C16H16N4O3. The normalized spacial score (nSPS) is 13.3. The highest BCUT2D eigenvalue weighted by molar-refractivity contribution is 6.05. The van der Waals surface area contributed by atoms with Crippen LogP contribution in [0.4, 0.5) is 5.95 Å². The molecule has 2 N–H and O–H groups in total. The maximum atomic E-state index is 12.8. The Balaban J connectivity index is 1.89. The number of benzene rings is 1. The van der Waals surface area contributed by atoms with E-state index in [9.17, 15) is 9.59 Å². The van der Waals surface area contributed by atoms with Gasteiger partial charge in [-0.05, 0) is 24.1 Å². The molecule has 2 aromatic rings. The third-order valence-electron chi connectivity index (χ3n) is 3.81. The molecule has 7 heteroatoms. The lowest BCUT2D eigenvalue weighted by atomic mass is 10.0. The number of rotatable bonds is 2. The predicted octanol–water partition coefficient (Wildman–Crippen LogP) is 1.04. The van der Waals surface area contributed by atoms with E-state index in [1.165, 1.54) is 7.11 Å². The first-order valence-corrected chi connectivity index (χ1v) is 7.17. The molecule has 0 bridgehead atoms. The van der Waals surface area contributed by atoms with Crippen molar-refractivity contribution < 1.29 is 14.3 Å². The topological polar surface area (TPSA) is 98.4 Å². The fraction of sp³-hybridized carbons (Fsp3) is 0.250. The Morgan fingerprint density at radius 3 is 2.74 bits per heavy atom. The van der Waals surface area contributed by atoms with Crippen molar-refractivity contribution in [3.63, 3.8) is 0 Å². The molecular weight excluding hydrogens is 296 g/mol. The van der Waals surface area contributed by atoms with E-state index in [4.69, 9.17) is 10.5 Å². The number of methoxy groups -OCH3 is 1. The SMILES string of the molecule is COC(=O)c1ccccc1C(=O)N1CCc2cnc(N)nc2C1. The van der Waals surface area contributed by atoms with E-state index in [1.807, 2.05) is 0 Å². The summed E-state index contributed by atoms with van der Waals surface area (Å²) in [6, 6.07) is 6.62. The Morgan fingerprint density at radius 1 is 1.26 bits per heavy atom. The zero-order valence-electron chi connectivity index (χ0n) is 12.7. The number of aromatic nitrogens is 2. The third kappa shape index (κ3) is 2.85. The Labute approximate surface area is 133 Å². The van der Waals surface area contributed by atoms with Crippen molar-refractivity contribution in [2.75, 3.05) is 19.4 Å². The van der Waals surface area contributed by atoms with Gasteiger partial charge in [0.1, 0.15) is 0 Å². The number of anilines is 1. The molecule has 3 rings (SSSR count). The highest BCUT2D eigenvalue weighted by Gasteiger charge is 2.26. The lowest BCUT2D eigenvalue weighted by Crippen LogP contribution is -2.37. The van der Waals surface area contributed by atoms with Gasteiger partial charge in [0.05, 0.1) is 30.5 Å². The van der Waals surface area contributed by atoms with E-state index in [-0.39, 0.29) is 17.4 Å². The van der Waals surface area contributed by atoms with Crippen molar-refractivity contribution in [2.45, 2.75) is 13.0 Å². The number of amides is 1. The number of hydrogen-bond donors (Lipinski definition) is 1. The van der Waals surface area contributed by atoms with Crippen molar-refractivity contribution in [2.24, 2.45) is 0 Å². The molecule has 23 heavy (non-hydrogen) atoms. The average molecular weight is 312 g/mol. The number of esters is 1. The Morgan fingerprint density at radius 2 is 2.00 bits per heavy atom. The number of carbonyl (C=O) groups is 2. The molecule has 0 radical (unpaired) electrons. The molecule has 0 saturated carbocycles. The van der Waals surface area contributed by atoms with Gasteiger partial charge in [0, 0.05) is 12.7 Å². The first-order chi connectivity index (χ1) is 11.1. The smallest absolute Gasteiger partial charge is 0.338 e. The Kier molecular flexibility index (Phi) is 3.92. The number of nitrogens with zero attached hydrogens (tertiary/aromatic N) is 3. The molecule has 0 aliphatic carbocycles. The summed E-state index contributed by atoms with van der Waals surface area (Å²) in [5.41, 5.74) is 7.92. The highest BCUT2D eigenvalue weighted by atomic mass is 16.5. The van der Waals surface area contributed by atoms with Gasteiger partial charge in [-0.2, -0.15) is 0 Å². The van der Waals surface area contributed by atoms with Gasteiger partial charge < -0.3 is 15.4 Å². The first kappa shape index (κ1) is 15.0. The van der Waals surface area contributed by atoms with Crippen molar-refractivity contribution in [1.29, 1.82) is 0 Å². The maximum absolute atomic E-state index is 12.8. The van der Waals surface area contributed by atoms with Gasteiger partial charge >= 0.3 is 5.97 Å². The molecule has 0 atom stereocenters. The number of ether oxygens (including phenoxy) is 1. The van der Waals surface area contributed by atoms with Gasteiger partial charge in [0.2, 0.25) is 5.95 Å². The van der Waals surface area contributed by atoms with Crippen molar-refractivity contribution in [3.8, 4) is 0 Å². The predicted molar refractivity (Wildman–Crippen MR) is 82.7 cm³/mol. The van der Waals surface area contributed by atoms with Crippen LogP contribution in [0.5, 0.6) is 0 Å². The third-order valence-corrected chi connectivity index (χ3v) is 3.81. The molecule has 7 nitrogen and oxygen atoms in total. The van der Waals surface area contributed by atoms with Crippen molar-refractivity contribution in [1.82, 2.24) is 14.9 Å². The molecule has 0 unspecified atom stereocenters. The van der Waals surface area contributed by atoms with Crippen LogP contribution in [0.15, 0.2) is 30.5 Å². The summed E-state index contributed by atoms with van der Waals surface area (Å²) in [5, 5.41) is 0. The van der Waals surface area contributed by atoms with Gasteiger partial charge in [-0.25, -0.2) is 14.8 Å². The second kappa shape index (κ2) is 6.04. The van der Waals surface area contributed by atoms with E-state index in [0.29, 0.717) is 25.1 Å². The standard InChI is InChI=1S/C16H16N4O3/c1-23-15(22)12-5-3-2-4-11(12)14(21)20-7-6-10-8-18-16(17)19-13(10)9-20/h2-5,8H,6-7,9H2,1H3,(H2,17,18,19). The lowest BCUT2D eigenvalue weighted by molar-refractivity contribution is 0.0588. The fourth-order valence-corrected chi connectivity index (χ4v) is 2.62. The Bertz CT molecular complexity index is 776. The van der Waals surface area contributed by atoms with E-state index < -0.39 is 5.97 Å². The van der Waals surface area contributed by atoms with Crippen molar-refractivity contribution >= 4 is 17.8 Å². The van der Waals surface area contributed by atoms with E-state index in [1.54, 1.807) is 35.4 Å². The van der Waals surface area contributed by atoms with Crippen LogP contribution in [-0.4, -0.2) is 40.4 Å². The van der Waals surface area contributed by atoms with Crippen LogP contribution in [-0.2, 0) is 17.7 Å². The van der Waals surface area contributed by atoms with Crippen LogP contribution in [0, 0.1) is 0 Å². The number of nitrogen functional groups attached to an aromatic ring is 1. The second-order valence-corrected chi connectivity index (χ2v) is 5.21. The van der Waals surface area contributed by atoms with E-state index >= 15 is 0 Å². The first-order valence-electron chi connectivity index (χ1n) is 7.17. The molecule has 1 aliphatic rings. The summed E-state index contributed by atoms with van der Waals surface area (Å²) in [5.74, 6) is -0.570. The summed E-state index contributed by atoms with van der Waals surface area (Å²) < 4.78 is 4.74. The molecule has 1 aliphatic heterocycles. The highest BCUT2D eigenvalue weighted by Crippen LogP contribution is 2.20. The molecule has 118 valence electrons. The van der Waals surface area contributed by atoms with E-state index in [2.05, 4.69) is 9.97 Å². The zero-order valence-corrected chi connectivity index (χ0v) is 12.7. The molecule has 1 aromatic heterocycles. The van der Waals surface area contributed by atoms with Crippen LogP contribution in [0.1, 0.15) is 32.0 Å². The summed E-state index contributed by atoms with van der Waals surface area (Å²) in [6.07, 6.45) is 2.35. The molecule has 1 aromatic carbocycles. The van der Waals surface area contributed by atoms with E-state index in [0.717, 1.165) is 11.3 Å². The van der Waals surface area contributed by atoms with Crippen LogP contribution in [0.3, 0.4) is 0 Å². The average Bonchev–Trinajstić information content (AvgIpc) is 2.59.